The number of benzene rings is 2. The van der Waals surface area contributed by atoms with Crippen LogP contribution < -0.4 is 9.47 Å². The van der Waals surface area contributed by atoms with Gasteiger partial charge in [-0.25, -0.2) is 0 Å². The second-order valence-electron chi connectivity index (χ2n) is 7.75. The monoisotopic (exact) mass is 403 g/mol. The Morgan fingerprint density at radius 1 is 1.10 bits per heavy atom. The van der Waals surface area contributed by atoms with E-state index in [-0.39, 0.29) is 11.7 Å². The minimum atomic E-state index is -0.840. The van der Waals surface area contributed by atoms with Crippen LogP contribution in [-0.2, 0) is 4.79 Å². The van der Waals surface area contributed by atoms with Crippen LogP contribution in [-0.4, -0.2) is 42.4 Å². The summed E-state index contributed by atoms with van der Waals surface area (Å²) in [4.78, 5) is 27.2. The Kier molecular flexibility index (Phi) is 5.50. The quantitative estimate of drug-likeness (QED) is 0.731. The van der Waals surface area contributed by atoms with Gasteiger partial charge in [-0.3, -0.25) is 9.59 Å². The molecule has 0 aromatic heterocycles. The van der Waals surface area contributed by atoms with E-state index < -0.39 is 5.60 Å². The number of carbonyl (C=O) groups is 2. The van der Waals surface area contributed by atoms with E-state index in [0.29, 0.717) is 43.7 Å². The number of ether oxygens (including phenoxy) is 2. The van der Waals surface area contributed by atoms with Crippen LogP contribution in [0.1, 0.15) is 54.1 Å². The molecule has 154 valence electrons. The molecule has 1 amide bonds. The Morgan fingerprint density at radius 2 is 1.77 bits per heavy atom. The number of fused-ring (bicyclic) bond motifs is 1. The van der Waals surface area contributed by atoms with E-state index >= 15 is 0 Å². The van der Waals surface area contributed by atoms with Crippen LogP contribution in [0.15, 0.2) is 42.5 Å². The van der Waals surface area contributed by atoms with Gasteiger partial charge < -0.3 is 14.4 Å². The predicted octanol–water partition coefficient (Wildman–Crippen LogP) is 3.83. The van der Waals surface area contributed by atoms with E-state index in [2.05, 4.69) is 11.8 Å². The predicted molar refractivity (Wildman–Crippen MR) is 114 cm³/mol. The number of Topliss-reactive ketones (excluding diaryl/α,β-unsaturated/α-hetero) is 1. The number of amides is 1. The first kappa shape index (κ1) is 20.0. The van der Waals surface area contributed by atoms with Crippen LogP contribution >= 0.6 is 0 Å². The molecule has 30 heavy (non-hydrogen) atoms. The van der Waals surface area contributed by atoms with Crippen molar-refractivity contribution < 1.29 is 19.1 Å². The molecule has 0 unspecified atom stereocenters. The van der Waals surface area contributed by atoms with Gasteiger partial charge in [0.25, 0.3) is 0 Å². The number of piperidine rings is 1. The van der Waals surface area contributed by atoms with Crippen molar-refractivity contribution in [2.75, 3.05) is 20.2 Å². The topological polar surface area (TPSA) is 55.8 Å². The Balaban J connectivity index is 1.49. The molecule has 5 nitrogen and oxygen atoms in total. The lowest BCUT2D eigenvalue weighted by Crippen LogP contribution is -2.51. The summed E-state index contributed by atoms with van der Waals surface area (Å²) in [6.07, 6.45) is 2.45. The van der Waals surface area contributed by atoms with E-state index in [1.807, 2.05) is 54.3 Å². The molecule has 0 radical (unpaired) electrons. The highest BCUT2D eigenvalue weighted by molar-refractivity contribution is 6.08. The van der Waals surface area contributed by atoms with Gasteiger partial charge in [0.2, 0.25) is 11.7 Å². The summed E-state index contributed by atoms with van der Waals surface area (Å²) in [5, 5.41) is 0. The van der Waals surface area contributed by atoms with Gasteiger partial charge >= 0.3 is 0 Å². The largest absolute Gasteiger partial charge is 0.497 e. The molecule has 2 aliphatic heterocycles. The molecule has 2 heterocycles. The summed E-state index contributed by atoms with van der Waals surface area (Å²) in [5.74, 6) is 7.81. The van der Waals surface area contributed by atoms with Gasteiger partial charge in [0.15, 0.2) is 5.60 Å². The molecular formula is C25H25NO4. The van der Waals surface area contributed by atoms with Crippen LogP contribution in [0, 0.1) is 11.8 Å². The molecule has 0 N–H and O–H groups in total. The Bertz CT molecular complexity index is 1020. The highest BCUT2D eigenvalue weighted by atomic mass is 16.5. The second-order valence-corrected chi connectivity index (χ2v) is 7.75. The number of likely N-dealkylation sites (tertiary alicyclic amines) is 1. The Hall–Kier alpha value is -3.26. The fourth-order valence-electron chi connectivity index (χ4n) is 4.01. The molecule has 1 fully saturated rings. The molecule has 1 saturated heterocycles. The molecule has 2 aromatic rings. The zero-order valence-electron chi connectivity index (χ0n) is 17.4. The first-order valence-electron chi connectivity index (χ1n) is 10.4. The van der Waals surface area contributed by atoms with Crippen molar-refractivity contribution in [2.24, 2.45) is 0 Å². The van der Waals surface area contributed by atoms with E-state index in [1.54, 1.807) is 7.11 Å². The third-order valence-electron chi connectivity index (χ3n) is 5.77. The third-order valence-corrected chi connectivity index (χ3v) is 5.77. The van der Waals surface area contributed by atoms with Crippen LogP contribution in [0.5, 0.6) is 11.5 Å². The number of nitrogens with zero attached hydrogens (tertiary/aromatic N) is 1. The van der Waals surface area contributed by atoms with Gasteiger partial charge in [0.05, 0.1) is 12.7 Å². The Morgan fingerprint density at radius 3 is 2.43 bits per heavy atom. The second kappa shape index (κ2) is 8.23. The summed E-state index contributed by atoms with van der Waals surface area (Å²) < 4.78 is 11.3. The van der Waals surface area contributed by atoms with Crippen LogP contribution in [0.3, 0.4) is 0 Å². The van der Waals surface area contributed by atoms with Gasteiger partial charge in [0.1, 0.15) is 11.5 Å². The maximum absolute atomic E-state index is 13.2. The number of hydrogen-bond donors (Lipinski definition) is 0. The van der Waals surface area contributed by atoms with Crippen molar-refractivity contribution in [2.45, 2.75) is 38.2 Å². The molecule has 0 aliphatic carbocycles. The number of carbonyl (C=O) groups excluding carboxylic acids is 2. The van der Waals surface area contributed by atoms with Gasteiger partial charge in [-0.2, -0.15) is 0 Å². The van der Waals surface area contributed by atoms with Crippen LogP contribution in [0.25, 0.3) is 0 Å². The highest BCUT2D eigenvalue weighted by Gasteiger charge is 2.50. The SMILES string of the molecule is CCCC(=O)N1CCC2(CC1)Oc1ccc(C#Cc3ccc(OC)cc3)cc1C2=O. The molecule has 1 spiro atoms. The van der Waals surface area contributed by atoms with E-state index in [1.165, 1.54) is 0 Å². The third kappa shape index (κ3) is 3.78. The maximum atomic E-state index is 13.2. The molecule has 2 aliphatic rings. The lowest BCUT2D eigenvalue weighted by Gasteiger charge is -2.37. The number of ketones is 1. The van der Waals surface area contributed by atoms with Gasteiger partial charge in [-0.15, -0.1) is 0 Å². The molecule has 2 aromatic carbocycles. The van der Waals surface area contributed by atoms with Gasteiger partial charge in [0, 0.05) is 43.5 Å². The normalized spacial score (nSPS) is 16.5. The van der Waals surface area contributed by atoms with Crippen molar-refractivity contribution >= 4 is 11.7 Å². The lowest BCUT2D eigenvalue weighted by atomic mass is 9.85. The minimum absolute atomic E-state index is 0.00758. The van der Waals surface area contributed by atoms with E-state index in [4.69, 9.17) is 9.47 Å². The summed E-state index contributed by atoms with van der Waals surface area (Å²) in [6.45, 7) is 3.12. The first-order valence-corrected chi connectivity index (χ1v) is 10.4. The summed E-state index contributed by atoms with van der Waals surface area (Å²) in [6, 6.07) is 13.1. The summed E-state index contributed by atoms with van der Waals surface area (Å²) in [7, 11) is 1.63. The smallest absolute Gasteiger partial charge is 0.222 e. The average molecular weight is 403 g/mol. The molecule has 0 atom stereocenters. The van der Waals surface area contributed by atoms with Crippen molar-refractivity contribution in [3.05, 3.63) is 59.2 Å². The average Bonchev–Trinajstić information content (AvgIpc) is 3.04. The van der Waals surface area contributed by atoms with Crippen LogP contribution in [0.4, 0.5) is 0 Å². The summed E-state index contributed by atoms with van der Waals surface area (Å²) in [5.41, 5.74) is 1.39. The molecule has 4 rings (SSSR count). The fraction of sp³-hybridized carbons (Fsp3) is 0.360. The van der Waals surface area contributed by atoms with Crippen molar-refractivity contribution in [3.8, 4) is 23.3 Å². The number of methoxy groups -OCH3 is 1. The standard InChI is InChI=1S/C25H25NO4/c1-3-4-23(27)26-15-13-25(14-16-26)24(28)21-17-19(9-12-22(21)30-25)6-5-18-7-10-20(29-2)11-8-18/h7-12,17H,3-4,13-16H2,1-2H3. The molecule has 5 heteroatoms. The molecule has 0 saturated carbocycles. The molecular weight excluding hydrogens is 378 g/mol. The summed E-state index contributed by atoms with van der Waals surface area (Å²) >= 11 is 0. The zero-order valence-corrected chi connectivity index (χ0v) is 17.4. The van der Waals surface area contributed by atoms with Crippen molar-refractivity contribution in [1.29, 1.82) is 0 Å². The Labute approximate surface area is 177 Å². The first-order chi connectivity index (χ1) is 14.5. The van der Waals surface area contributed by atoms with Crippen molar-refractivity contribution in [1.82, 2.24) is 4.90 Å². The molecule has 0 bridgehead atoms. The van der Waals surface area contributed by atoms with Crippen LogP contribution in [0.2, 0.25) is 0 Å². The number of rotatable bonds is 3. The van der Waals surface area contributed by atoms with Gasteiger partial charge in [-0.1, -0.05) is 18.8 Å². The van der Waals surface area contributed by atoms with Crippen molar-refractivity contribution in [3.63, 3.8) is 0 Å². The highest BCUT2D eigenvalue weighted by Crippen LogP contribution is 2.41. The van der Waals surface area contributed by atoms with E-state index in [9.17, 15) is 9.59 Å². The number of hydrogen-bond acceptors (Lipinski definition) is 4. The van der Waals surface area contributed by atoms with Gasteiger partial charge in [-0.05, 0) is 48.9 Å². The zero-order chi connectivity index (χ0) is 21.1. The minimum Gasteiger partial charge on any atom is -0.497 e. The maximum Gasteiger partial charge on any atom is 0.222 e. The lowest BCUT2D eigenvalue weighted by molar-refractivity contribution is -0.133. The fourth-order valence-corrected chi connectivity index (χ4v) is 4.01. The van der Waals surface area contributed by atoms with E-state index in [0.717, 1.165) is 23.3 Å².